The molecule has 1 fully saturated rings. The van der Waals surface area contributed by atoms with Gasteiger partial charge in [0.05, 0.1) is 24.8 Å². The van der Waals surface area contributed by atoms with Crippen LogP contribution in [0.15, 0.2) is 30.5 Å². The molecule has 1 saturated heterocycles. The van der Waals surface area contributed by atoms with Crippen molar-refractivity contribution in [2.45, 2.75) is 31.7 Å². The summed E-state index contributed by atoms with van der Waals surface area (Å²) in [6, 6.07) is 7.27. The lowest BCUT2D eigenvalue weighted by Crippen LogP contribution is -2.34. The van der Waals surface area contributed by atoms with Gasteiger partial charge in [-0.1, -0.05) is 12.1 Å². The van der Waals surface area contributed by atoms with Gasteiger partial charge in [0.25, 0.3) is 5.91 Å². The second kappa shape index (κ2) is 7.56. The summed E-state index contributed by atoms with van der Waals surface area (Å²) in [5.41, 5.74) is 1.71. The number of rotatable bonds is 3. The number of halogens is 3. The number of aromatic nitrogens is 2. The Morgan fingerprint density at radius 3 is 2.75 bits per heavy atom. The molecule has 3 heterocycles. The summed E-state index contributed by atoms with van der Waals surface area (Å²) in [7, 11) is 0. The zero-order valence-electron chi connectivity index (χ0n) is 15.1. The van der Waals surface area contributed by atoms with Gasteiger partial charge in [0.15, 0.2) is 0 Å². The van der Waals surface area contributed by atoms with E-state index in [2.05, 4.69) is 15.6 Å². The first-order chi connectivity index (χ1) is 13.4. The minimum absolute atomic E-state index is 0.00112. The van der Waals surface area contributed by atoms with Gasteiger partial charge < -0.3 is 19.9 Å². The van der Waals surface area contributed by atoms with Gasteiger partial charge in [0.2, 0.25) is 0 Å². The monoisotopic (exact) mass is 394 g/mol. The van der Waals surface area contributed by atoms with E-state index in [1.807, 2.05) is 12.1 Å². The number of morpholine rings is 1. The number of imidazole rings is 1. The molecule has 0 radical (unpaired) electrons. The molecule has 1 amide bonds. The molecular formula is C19H21F3N4O2. The van der Waals surface area contributed by atoms with Crippen molar-refractivity contribution in [2.24, 2.45) is 5.92 Å². The van der Waals surface area contributed by atoms with E-state index < -0.39 is 18.0 Å². The second-order valence-corrected chi connectivity index (χ2v) is 7.09. The molecule has 9 heteroatoms. The summed E-state index contributed by atoms with van der Waals surface area (Å²) >= 11 is 0. The average molecular weight is 394 g/mol. The van der Waals surface area contributed by atoms with Gasteiger partial charge in [-0.25, -0.2) is 4.98 Å². The van der Waals surface area contributed by atoms with Crippen molar-refractivity contribution < 1.29 is 22.7 Å². The molecule has 1 aromatic heterocycles. The molecular weight excluding hydrogens is 373 g/mol. The van der Waals surface area contributed by atoms with E-state index in [1.165, 1.54) is 10.8 Å². The molecule has 2 atom stereocenters. The van der Waals surface area contributed by atoms with Crippen LogP contribution in [0.4, 0.5) is 18.9 Å². The van der Waals surface area contributed by atoms with E-state index in [0.29, 0.717) is 18.1 Å². The van der Waals surface area contributed by atoms with Gasteiger partial charge in [-0.3, -0.25) is 4.79 Å². The number of aryl methyl sites for hydroxylation is 1. The predicted octanol–water partition coefficient (Wildman–Crippen LogP) is 2.92. The van der Waals surface area contributed by atoms with Gasteiger partial charge >= 0.3 is 6.18 Å². The van der Waals surface area contributed by atoms with Crippen molar-refractivity contribution in [3.63, 3.8) is 0 Å². The molecule has 150 valence electrons. The average Bonchev–Trinajstić information content (AvgIpc) is 3.12. The lowest BCUT2D eigenvalue weighted by molar-refractivity contribution is -0.182. The fraction of sp³-hybridized carbons (Fsp3) is 0.474. The number of anilines is 1. The van der Waals surface area contributed by atoms with Crippen LogP contribution in [0.25, 0.3) is 0 Å². The van der Waals surface area contributed by atoms with Crippen molar-refractivity contribution in [2.75, 3.05) is 25.0 Å². The Morgan fingerprint density at radius 1 is 1.29 bits per heavy atom. The van der Waals surface area contributed by atoms with Crippen LogP contribution in [0.1, 0.15) is 34.4 Å². The van der Waals surface area contributed by atoms with E-state index >= 15 is 0 Å². The third kappa shape index (κ3) is 3.90. The summed E-state index contributed by atoms with van der Waals surface area (Å²) in [6.07, 6.45) is -2.75. The third-order valence-electron chi connectivity index (χ3n) is 5.22. The fourth-order valence-electron chi connectivity index (χ4n) is 3.64. The third-order valence-corrected chi connectivity index (χ3v) is 5.22. The Balaban J connectivity index is 1.45. The quantitative estimate of drug-likeness (QED) is 0.840. The first-order valence-corrected chi connectivity index (χ1v) is 9.26. The van der Waals surface area contributed by atoms with E-state index in [0.717, 1.165) is 18.7 Å². The minimum Gasteiger partial charge on any atom is -0.371 e. The SMILES string of the molecule is O=C(Nc1ccc(C2CNCCO2)cc1)c1cnc2n1CC(C(F)(F)F)CC2. The molecule has 6 nitrogen and oxygen atoms in total. The van der Waals surface area contributed by atoms with Gasteiger partial charge in [0, 0.05) is 31.7 Å². The Morgan fingerprint density at radius 2 is 2.07 bits per heavy atom. The van der Waals surface area contributed by atoms with Crippen molar-refractivity contribution in [3.8, 4) is 0 Å². The maximum absolute atomic E-state index is 13.1. The van der Waals surface area contributed by atoms with Gasteiger partial charge in [-0.2, -0.15) is 13.2 Å². The Bertz CT molecular complexity index is 842. The number of carbonyl (C=O) groups is 1. The molecule has 0 bridgehead atoms. The highest BCUT2D eigenvalue weighted by molar-refractivity contribution is 6.03. The minimum atomic E-state index is -4.28. The number of alkyl halides is 3. The van der Waals surface area contributed by atoms with Crippen LogP contribution in [0.3, 0.4) is 0 Å². The summed E-state index contributed by atoms with van der Waals surface area (Å²) in [5, 5.41) is 6.00. The van der Waals surface area contributed by atoms with Crippen LogP contribution in [-0.2, 0) is 17.7 Å². The number of nitrogens with zero attached hydrogens (tertiary/aromatic N) is 2. The van der Waals surface area contributed by atoms with Crippen LogP contribution >= 0.6 is 0 Å². The summed E-state index contributed by atoms with van der Waals surface area (Å²) in [4.78, 5) is 16.7. The Labute approximate surface area is 160 Å². The van der Waals surface area contributed by atoms with E-state index in [-0.39, 0.29) is 31.2 Å². The fourth-order valence-corrected chi connectivity index (χ4v) is 3.64. The molecule has 2 N–H and O–H groups in total. The first-order valence-electron chi connectivity index (χ1n) is 9.26. The normalized spacial score (nSPS) is 22.5. The van der Waals surface area contributed by atoms with Crippen LogP contribution < -0.4 is 10.6 Å². The number of hydrogen-bond acceptors (Lipinski definition) is 4. The molecule has 2 aromatic rings. The number of hydrogen-bond donors (Lipinski definition) is 2. The zero-order valence-corrected chi connectivity index (χ0v) is 15.1. The number of nitrogens with one attached hydrogen (secondary N) is 2. The lowest BCUT2D eigenvalue weighted by Gasteiger charge is -2.26. The number of ether oxygens (including phenoxy) is 1. The summed E-state index contributed by atoms with van der Waals surface area (Å²) in [6.45, 7) is 1.94. The number of benzene rings is 1. The summed E-state index contributed by atoms with van der Waals surface area (Å²) < 4.78 is 46.3. The Kier molecular flexibility index (Phi) is 5.11. The standard InChI is InChI=1S/C19H21F3N4O2/c20-19(21,22)13-3-6-17-24-9-15(26(17)11-13)18(27)25-14-4-1-12(2-5-14)16-10-23-7-8-28-16/h1-2,4-5,9,13,16,23H,3,6-8,10-11H2,(H,25,27). The molecule has 0 saturated carbocycles. The van der Waals surface area contributed by atoms with Crippen LogP contribution in [0, 0.1) is 5.92 Å². The largest absolute Gasteiger partial charge is 0.393 e. The van der Waals surface area contributed by atoms with Crippen molar-refractivity contribution in [1.29, 1.82) is 0 Å². The maximum atomic E-state index is 13.1. The van der Waals surface area contributed by atoms with Crippen molar-refractivity contribution >= 4 is 11.6 Å². The smallest absolute Gasteiger partial charge is 0.371 e. The van der Waals surface area contributed by atoms with Crippen LogP contribution in [-0.4, -0.2) is 41.3 Å². The van der Waals surface area contributed by atoms with Crippen molar-refractivity contribution in [3.05, 3.63) is 47.5 Å². The molecule has 2 unspecified atom stereocenters. The zero-order chi connectivity index (χ0) is 19.7. The van der Waals surface area contributed by atoms with Gasteiger partial charge in [0.1, 0.15) is 11.5 Å². The molecule has 0 spiro atoms. The van der Waals surface area contributed by atoms with Crippen molar-refractivity contribution in [1.82, 2.24) is 14.9 Å². The van der Waals surface area contributed by atoms with E-state index in [9.17, 15) is 18.0 Å². The highest BCUT2D eigenvalue weighted by Crippen LogP contribution is 2.34. The molecule has 1 aromatic carbocycles. The molecule has 4 rings (SSSR count). The number of amides is 1. The highest BCUT2D eigenvalue weighted by atomic mass is 19.4. The molecule has 2 aliphatic heterocycles. The Hall–Kier alpha value is -2.39. The summed E-state index contributed by atoms with van der Waals surface area (Å²) in [5.74, 6) is -1.41. The second-order valence-electron chi connectivity index (χ2n) is 7.09. The molecule has 0 aliphatic carbocycles. The predicted molar refractivity (Wildman–Crippen MR) is 96.1 cm³/mol. The molecule has 28 heavy (non-hydrogen) atoms. The van der Waals surface area contributed by atoms with Crippen LogP contribution in [0.2, 0.25) is 0 Å². The molecule has 2 aliphatic rings. The number of carbonyl (C=O) groups excluding carboxylic acids is 1. The van der Waals surface area contributed by atoms with E-state index in [1.54, 1.807) is 12.1 Å². The topological polar surface area (TPSA) is 68.2 Å². The lowest BCUT2D eigenvalue weighted by atomic mass is 9.99. The van der Waals surface area contributed by atoms with Gasteiger partial charge in [-0.15, -0.1) is 0 Å². The number of fused-ring (bicyclic) bond motifs is 1. The van der Waals surface area contributed by atoms with Gasteiger partial charge in [-0.05, 0) is 24.1 Å². The first kappa shape index (κ1) is 18.9. The van der Waals surface area contributed by atoms with Crippen LogP contribution in [0.5, 0.6) is 0 Å². The highest BCUT2D eigenvalue weighted by Gasteiger charge is 2.42. The maximum Gasteiger partial charge on any atom is 0.393 e. The van der Waals surface area contributed by atoms with E-state index in [4.69, 9.17) is 4.74 Å².